The lowest BCUT2D eigenvalue weighted by Gasteiger charge is -2.39. The summed E-state index contributed by atoms with van der Waals surface area (Å²) in [6.07, 6.45) is 7.60. The first-order chi connectivity index (χ1) is 8.42. The molecule has 0 spiro atoms. The molecule has 4 fully saturated rings. The van der Waals surface area contributed by atoms with Gasteiger partial charge >= 0.3 is 0 Å². The van der Waals surface area contributed by atoms with Crippen molar-refractivity contribution in [1.82, 2.24) is 10.2 Å². The maximum Gasteiger partial charge on any atom is 0.0759 e. The summed E-state index contributed by atoms with van der Waals surface area (Å²) in [5.74, 6) is 1.89. The zero-order valence-electron chi connectivity index (χ0n) is 10.6. The fourth-order valence-corrected chi connectivity index (χ4v) is 3.78. The summed E-state index contributed by atoms with van der Waals surface area (Å²) in [5, 5.41) is 3.71. The van der Waals surface area contributed by atoms with Gasteiger partial charge in [0.15, 0.2) is 0 Å². The molecular formula is C14H24N2O. The average Bonchev–Trinajstić information content (AvgIpc) is 3.28. The van der Waals surface area contributed by atoms with Crippen molar-refractivity contribution >= 4 is 0 Å². The molecule has 0 radical (unpaired) electrons. The third-order valence-corrected chi connectivity index (χ3v) is 5.09. The molecule has 4 rings (SSSR count). The summed E-state index contributed by atoms with van der Waals surface area (Å²) in [6.45, 7) is 4.71. The molecule has 2 heterocycles. The summed E-state index contributed by atoms with van der Waals surface area (Å²) >= 11 is 0. The van der Waals surface area contributed by atoms with Gasteiger partial charge < -0.3 is 10.1 Å². The van der Waals surface area contributed by atoms with Gasteiger partial charge in [-0.05, 0) is 43.9 Å². The van der Waals surface area contributed by atoms with Crippen LogP contribution in [-0.2, 0) is 4.74 Å². The molecule has 3 heteroatoms. The number of ether oxygens (including phenoxy) is 1. The number of nitrogens with zero attached hydrogens (tertiary/aromatic N) is 1. The van der Waals surface area contributed by atoms with E-state index in [0.717, 1.165) is 30.5 Å². The van der Waals surface area contributed by atoms with Gasteiger partial charge in [-0.1, -0.05) is 0 Å². The van der Waals surface area contributed by atoms with Gasteiger partial charge in [0.05, 0.1) is 6.10 Å². The maximum atomic E-state index is 5.99. The van der Waals surface area contributed by atoms with E-state index in [4.69, 9.17) is 4.74 Å². The molecule has 1 N–H and O–H groups in total. The van der Waals surface area contributed by atoms with E-state index in [1.165, 1.54) is 51.7 Å². The van der Waals surface area contributed by atoms with Crippen LogP contribution in [0.15, 0.2) is 0 Å². The smallest absolute Gasteiger partial charge is 0.0759 e. The molecule has 3 unspecified atom stereocenters. The van der Waals surface area contributed by atoms with E-state index in [2.05, 4.69) is 10.2 Å². The van der Waals surface area contributed by atoms with Gasteiger partial charge in [-0.2, -0.15) is 0 Å². The molecule has 17 heavy (non-hydrogen) atoms. The number of nitrogens with one attached hydrogen (secondary N) is 1. The van der Waals surface area contributed by atoms with Crippen molar-refractivity contribution in [2.45, 2.75) is 50.3 Å². The lowest BCUT2D eigenvalue weighted by atomic mass is 10.0. The van der Waals surface area contributed by atoms with Crippen molar-refractivity contribution in [3.63, 3.8) is 0 Å². The molecule has 0 bridgehead atoms. The Morgan fingerprint density at radius 1 is 1.00 bits per heavy atom. The van der Waals surface area contributed by atoms with Crippen molar-refractivity contribution in [3.8, 4) is 0 Å². The van der Waals surface area contributed by atoms with E-state index in [1.54, 1.807) is 0 Å². The molecule has 2 saturated heterocycles. The van der Waals surface area contributed by atoms with Crippen molar-refractivity contribution in [1.29, 1.82) is 0 Å². The third-order valence-electron chi connectivity index (χ3n) is 5.09. The summed E-state index contributed by atoms with van der Waals surface area (Å²) in [5.41, 5.74) is 0. The summed E-state index contributed by atoms with van der Waals surface area (Å²) in [7, 11) is 0. The Hall–Kier alpha value is -0.120. The van der Waals surface area contributed by atoms with E-state index >= 15 is 0 Å². The molecule has 0 amide bonds. The second-order valence-electron chi connectivity index (χ2n) is 6.42. The quantitative estimate of drug-likeness (QED) is 0.798. The van der Waals surface area contributed by atoms with Gasteiger partial charge in [0.25, 0.3) is 0 Å². The van der Waals surface area contributed by atoms with Crippen LogP contribution in [0.25, 0.3) is 0 Å². The third kappa shape index (κ3) is 2.13. The Morgan fingerprint density at radius 2 is 1.82 bits per heavy atom. The second-order valence-corrected chi connectivity index (χ2v) is 6.42. The molecular weight excluding hydrogens is 212 g/mol. The minimum Gasteiger partial charge on any atom is -0.376 e. The topological polar surface area (TPSA) is 24.5 Å². The fraction of sp³-hybridized carbons (Fsp3) is 1.00. The molecule has 0 aromatic carbocycles. The average molecular weight is 236 g/mol. The maximum absolute atomic E-state index is 5.99. The summed E-state index contributed by atoms with van der Waals surface area (Å²) in [4.78, 5) is 2.75. The Labute approximate surface area is 104 Å². The predicted molar refractivity (Wildman–Crippen MR) is 67.0 cm³/mol. The minimum atomic E-state index is 0.577. The van der Waals surface area contributed by atoms with E-state index in [-0.39, 0.29) is 0 Å². The first kappa shape index (κ1) is 10.8. The number of rotatable bonds is 3. The molecule has 3 nitrogen and oxygen atoms in total. The first-order valence-electron chi connectivity index (χ1n) is 7.51. The monoisotopic (exact) mass is 236 g/mol. The van der Waals surface area contributed by atoms with Gasteiger partial charge in [0.1, 0.15) is 0 Å². The van der Waals surface area contributed by atoms with Gasteiger partial charge in [-0.25, -0.2) is 0 Å². The Kier molecular flexibility index (Phi) is 2.67. The first-order valence-corrected chi connectivity index (χ1v) is 7.51. The van der Waals surface area contributed by atoms with Crippen LogP contribution in [0.1, 0.15) is 32.1 Å². The Balaban J connectivity index is 1.42. The molecule has 2 aliphatic carbocycles. The van der Waals surface area contributed by atoms with Crippen LogP contribution in [-0.4, -0.2) is 49.3 Å². The SMILES string of the molecule is C1CN(C2CCOC2C2CC2)CC(C2CC2)N1. The second kappa shape index (κ2) is 4.22. The van der Waals surface area contributed by atoms with Gasteiger partial charge in [0.2, 0.25) is 0 Å². The van der Waals surface area contributed by atoms with E-state index in [1.807, 2.05) is 0 Å². The van der Waals surface area contributed by atoms with Crippen LogP contribution in [0.3, 0.4) is 0 Å². The van der Waals surface area contributed by atoms with Gasteiger partial charge in [0, 0.05) is 38.3 Å². The summed E-state index contributed by atoms with van der Waals surface area (Å²) in [6, 6.07) is 1.52. The predicted octanol–water partition coefficient (Wildman–Crippen LogP) is 1.24. The highest BCUT2D eigenvalue weighted by molar-refractivity contribution is 4.98. The minimum absolute atomic E-state index is 0.577. The highest BCUT2D eigenvalue weighted by atomic mass is 16.5. The highest BCUT2D eigenvalue weighted by Crippen LogP contribution is 2.41. The van der Waals surface area contributed by atoms with Gasteiger partial charge in [-0.15, -0.1) is 0 Å². The van der Waals surface area contributed by atoms with Gasteiger partial charge in [-0.3, -0.25) is 4.90 Å². The molecule has 3 atom stereocenters. The molecule has 0 aromatic heterocycles. The van der Waals surface area contributed by atoms with E-state index in [9.17, 15) is 0 Å². The number of hydrogen-bond acceptors (Lipinski definition) is 3. The van der Waals surface area contributed by atoms with Crippen LogP contribution in [0, 0.1) is 11.8 Å². The van der Waals surface area contributed by atoms with E-state index in [0.29, 0.717) is 6.10 Å². The zero-order valence-corrected chi connectivity index (χ0v) is 10.6. The Morgan fingerprint density at radius 3 is 2.59 bits per heavy atom. The highest BCUT2D eigenvalue weighted by Gasteiger charge is 2.45. The number of hydrogen-bond donors (Lipinski definition) is 1. The standard InChI is InChI=1S/C14H24N2O/c1-2-10(1)12-9-16(7-6-15-12)13-5-8-17-14(13)11-3-4-11/h10-15H,1-9H2. The molecule has 0 aromatic rings. The van der Waals surface area contributed by atoms with Crippen LogP contribution in [0.2, 0.25) is 0 Å². The van der Waals surface area contributed by atoms with Crippen molar-refractivity contribution in [2.24, 2.45) is 11.8 Å². The van der Waals surface area contributed by atoms with Crippen LogP contribution in [0.5, 0.6) is 0 Å². The van der Waals surface area contributed by atoms with Crippen LogP contribution >= 0.6 is 0 Å². The normalized spacial score (nSPS) is 44.1. The van der Waals surface area contributed by atoms with Crippen LogP contribution in [0.4, 0.5) is 0 Å². The molecule has 2 aliphatic heterocycles. The molecule has 2 saturated carbocycles. The zero-order chi connectivity index (χ0) is 11.2. The van der Waals surface area contributed by atoms with Crippen molar-refractivity contribution in [3.05, 3.63) is 0 Å². The van der Waals surface area contributed by atoms with Crippen molar-refractivity contribution in [2.75, 3.05) is 26.2 Å². The number of piperazine rings is 1. The molecule has 96 valence electrons. The largest absolute Gasteiger partial charge is 0.376 e. The van der Waals surface area contributed by atoms with Crippen molar-refractivity contribution < 1.29 is 4.74 Å². The molecule has 4 aliphatic rings. The van der Waals surface area contributed by atoms with Crippen LogP contribution < -0.4 is 5.32 Å². The Bertz CT molecular complexity index is 288. The summed E-state index contributed by atoms with van der Waals surface area (Å²) < 4.78 is 5.99. The fourth-order valence-electron chi connectivity index (χ4n) is 3.78. The lowest BCUT2D eigenvalue weighted by Crippen LogP contribution is -2.56. The van der Waals surface area contributed by atoms with E-state index < -0.39 is 0 Å². The lowest BCUT2D eigenvalue weighted by molar-refractivity contribution is 0.0339.